The minimum absolute atomic E-state index is 0.290. The highest BCUT2D eigenvalue weighted by atomic mass is 32.1. The molecule has 5 rings (SSSR count). The highest BCUT2D eigenvalue weighted by molar-refractivity contribution is 7.80. The first kappa shape index (κ1) is 19.6. The molecule has 0 aliphatic carbocycles. The van der Waals surface area contributed by atoms with E-state index in [1.807, 2.05) is 35.2 Å². The lowest BCUT2D eigenvalue weighted by Gasteiger charge is -2.43. The molecule has 0 spiro atoms. The van der Waals surface area contributed by atoms with Crippen molar-refractivity contribution in [2.45, 2.75) is 19.5 Å². The van der Waals surface area contributed by atoms with Crippen molar-refractivity contribution in [1.82, 2.24) is 5.32 Å². The molecule has 6 heteroatoms. The number of aryl methyl sites for hydroxylation is 1. The smallest absolute Gasteiger partial charge is 0.209 e. The largest absolute Gasteiger partial charge is 0.493 e. The van der Waals surface area contributed by atoms with E-state index in [-0.39, 0.29) is 12.0 Å². The van der Waals surface area contributed by atoms with Crippen molar-refractivity contribution in [2.24, 2.45) is 0 Å². The standard InChI is InChI=1S/C25H21FN2O2S/c1-15-5-3-7-17(13-15)23-27-24(31)20-14-16-6-4-8-21(29-2)22(16)30-25(20)28(23)19-11-9-18(26)10-12-19/h3-13,23H,14H2,1-2H3,(H,27,31)/t23-/m0/s1. The van der Waals surface area contributed by atoms with Crippen molar-refractivity contribution in [3.05, 3.63) is 101 Å². The van der Waals surface area contributed by atoms with Crippen LogP contribution in [-0.2, 0) is 6.42 Å². The predicted octanol–water partition coefficient (Wildman–Crippen LogP) is 5.43. The van der Waals surface area contributed by atoms with Gasteiger partial charge in [0, 0.05) is 17.7 Å². The first-order valence-corrected chi connectivity index (χ1v) is 10.4. The molecule has 0 bridgehead atoms. The van der Waals surface area contributed by atoms with Gasteiger partial charge < -0.3 is 14.8 Å². The second-order valence-corrected chi connectivity index (χ2v) is 8.06. The fourth-order valence-corrected chi connectivity index (χ4v) is 4.38. The van der Waals surface area contributed by atoms with Crippen LogP contribution in [0.2, 0.25) is 0 Å². The van der Waals surface area contributed by atoms with Gasteiger partial charge in [0.15, 0.2) is 11.5 Å². The number of fused-ring (bicyclic) bond motifs is 1. The number of hydrogen-bond acceptors (Lipinski definition) is 4. The second kappa shape index (κ2) is 7.71. The summed E-state index contributed by atoms with van der Waals surface area (Å²) in [5.41, 5.74) is 4.88. The number of para-hydroxylation sites is 1. The molecule has 1 atom stereocenters. The molecule has 0 amide bonds. The maximum absolute atomic E-state index is 13.7. The molecule has 1 N–H and O–H groups in total. The Morgan fingerprint density at radius 2 is 1.87 bits per heavy atom. The van der Waals surface area contributed by atoms with Crippen LogP contribution in [0.4, 0.5) is 10.1 Å². The molecule has 0 saturated carbocycles. The molecular weight excluding hydrogens is 411 g/mol. The van der Waals surface area contributed by atoms with Crippen LogP contribution >= 0.6 is 12.2 Å². The monoisotopic (exact) mass is 432 g/mol. The summed E-state index contributed by atoms with van der Waals surface area (Å²) in [6.45, 7) is 2.05. The van der Waals surface area contributed by atoms with Gasteiger partial charge in [-0.05, 0) is 42.8 Å². The van der Waals surface area contributed by atoms with Crippen LogP contribution in [0.5, 0.6) is 11.5 Å². The lowest BCUT2D eigenvalue weighted by atomic mass is 9.97. The third-order valence-electron chi connectivity index (χ3n) is 5.59. The van der Waals surface area contributed by atoms with E-state index in [0.29, 0.717) is 28.8 Å². The summed E-state index contributed by atoms with van der Waals surface area (Å²) in [5, 5.41) is 3.48. The number of benzene rings is 3. The van der Waals surface area contributed by atoms with Crippen molar-refractivity contribution < 1.29 is 13.9 Å². The molecule has 2 aliphatic heterocycles. The number of nitrogens with zero attached hydrogens (tertiary/aromatic N) is 1. The van der Waals surface area contributed by atoms with Gasteiger partial charge in [0.05, 0.1) is 12.7 Å². The molecule has 2 heterocycles. The zero-order chi connectivity index (χ0) is 21.5. The Balaban J connectivity index is 1.68. The van der Waals surface area contributed by atoms with Gasteiger partial charge in [-0.25, -0.2) is 4.39 Å². The normalized spacial score (nSPS) is 17.5. The van der Waals surface area contributed by atoms with Crippen LogP contribution in [0.3, 0.4) is 0 Å². The van der Waals surface area contributed by atoms with Crippen LogP contribution in [0.25, 0.3) is 0 Å². The van der Waals surface area contributed by atoms with Crippen molar-refractivity contribution in [2.75, 3.05) is 12.0 Å². The number of hydrogen-bond donors (Lipinski definition) is 1. The molecule has 4 nitrogen and oxygen atoms in total. The second-order valence-electron chi connectivity index (χ2n) is 7.65. The summed E-state index contributed by atoms with van der Waals surface area (Å²) in [6, 6.07) is 20.5. The Hall–Kier alpha value is -3.38. The first-order chi connectivity index (χ1) is 15.0. The predicted molar refractivity (Wildman–Crippen MR) is 123 cm³/mol. The maximum Gasteiger partial charge on any atom is 0.209 e. The number of anilines is 1. The van der Waals surface area contributed by atoms with Crippen molar-refractivity contribution in [3.8, 4) is 11.5 Å². The van der Waals surface area contributed by atoms with E-state index in [2.05, 4.69) is 24.4 Å². The molecule has 31 heavy (non-hydrogen) atoms. The topological polar surface area (TPSA) is 33.7 Å². The van der Waals surface area contributed by atoms with E-state index in [1.165, 1.54) is 12.1 Å². The van der Waals surface area contributed by atoms with E-state index < -0.39 is 0 Å². The van der Waals surface area contributed by atoms with Crippen LogP contribution in [0.15, 0.2) is 78.2 Å². The SMILES string of the molecule is COc1cccc2c1OC1=C(C2)C(=S)N[C@H](c2cccc(C)c2)N1c1ccc(F)cc1. The number of methoxy groups -OCH3 is 1. The quantitative estimate of drug-likeness (QED) is 0.559. The van der Waals surface area contributed by atoms with Crippen LogP contribution in [-0.4, -0.2) is 12.1 Å². The fourth-order valence-electron chi connectivity index (χ4n) is 4.11. The van der Waals surface area contributed by atoms with Gasteiger partial charge in [-0.15, -0.1) is 0 Å². The van der Waals surface area contributed by atoms with Crippen LogP contribution in [0, 0.1) is 12.7 Å². The Kier molecular flexibility index (Phi) is 4.87. The average molecular weight is 433 g/mol. The van der Waals surface area contributed by atoms with Crippen LogP contribution in [0.1, 0.15) is 22.9 Å². The van der Waals surface area contributed by atoms with E-state index >= 15 is 0 Å². The molecule has 3 aromatic rings. The highest BCUT2D eigenvalue weighted by Gasteiger charge is 2.38. The molecule has 156 valence electrons. The number of rotatable bonds is 3. The number of halogens is 1. The van der Waals surface area contributed by atoms with Gasteiger partial charge in [0.2, 0.25) is 5.88 Å². The number of nitrogens with one attached hydrogen (secondary N) is 1. The molecule has 0 fully saturated rings. The third kappa shape index (κ3) is 3.43. The van der Waals surface area contributed by atoms with Gasteiger partial charge in [-0.2, -0.15) is 0 Å². The summed E-state index contributed by atoms with van der Waals surface area (Å²) in [7, 11) is 1.63. The lowest BCUT2D eigenvalue weighted by Crippen LogP contribution is -2.49. The molecule has 0 aromatic heterocycles. The zero-order valence-electron chi connectivity index (χ0n) is 17.2. The van der Waals surface area contributed by atoms with Gasteiger partial charge in [-0.3, -0.25) is 4.90 Å². The summed E-state index contributed by atoms with van der Waals surface area (Å²) < 4.78 is 25.7. The molecule has 2 aliphatic rings. The molecule has 0 radical (unpaired) electrons. The molecule has 3 aromatic carbocycles. The van der Waals surface area contributed by atoms with Gasteiger partial charge in [-0.1, -0.05) is 54.2 Å². The van der Waals surface area contributed by atoms with Crippen molar-refractivity contribution in [3.63, 3.8) is 0 Å². The minimum atomic E-state index is -0.298. The van der Waals surface area contributed by atoms with E-state index in [1.54, 1.807) is 19.2 Å². The summed E-state index contributed by atoms with van der Waals surface area (Å²) >= 11 is 5.76. The van der Waals surface area contributed by atoms with Gasteiger partial charge in [0.1, 0.15) is 17.0 Å². The Bertz CT molecular complexity index is 1210. The Morgan fingerprint density at radius 1 is 1.10 bits per heavy atom. The zero-order valence-corrected chi connectivity index (χ0v) is 18.0. The number of thiocarbonyl (C=S) groups is 1. The molecule has 0 unspecified atom stereocenters. The Morgan fingerprint density at radius 3 is 2.61 bits per heavy atom. The van der Waals surface area contributed by atoms with E-state index in [4.69, 9.17) is 21.7 Å². The summed E-state index contributed by atoms with van der Waals surface area (Å²) in [6.07, 6.45) is 0.319. The Labute approximate surface area is 185 Å². The first-order valence-electron chi connectivity index (χ1n) is 10.0. The number of ether oxygens (including phenoxy) is 2. The molecule has 0 saturated heterocycles. The minimum Gasteiger partial charge on any atom is -0.493 e. The lowest BCUT2D eigenvalue weighted by molar-refractivity contribution is 0.327. The maximum atomic E-state index is 13.7. The van der Waals surface area contributed by atoms with Crippen molar-refractivity contribution >= 4 is 22.9 Å². The summed E-state index contributed by atoms with van der Waals surface area (Å²) in [4.78, 5) is 2.68. The third-order valence-corrected chi connectivity index (χ3v) is 5.95. The average Bonchev–Trinajstić information content (AvgIpc) is 2.78. The van der Waals surface area contributed by atoms with Gasteiger partial charge in [0.25, 0.3) is 0 Å². The van der Waals surface area contributed by atoms with Crippen molar-refractivity contribution in [1.29, 1.82) is 0 Å². The van der Waals surface area contributed by atoms with Gasteiger partial charge >= 0.3 is 0 Å². The highest BCUT2D eigenvalue weighted by Crippen LogP contribution is 2.44. The summed E-state index contributed by atoms with van der Waals surface area (Å²) in [5.74, 6) is 1.70. The van der Waals surface area contributed by atoms with Crippen LogP contribution < -0.4 is 19.7 Å². The molecular formula is C25H21FN2O2S. The van der Waals surface area contributed by atoms with E-state index in [9.17, 15) is 4.39 Å². The fraction of sp³-hybridized carbons (Fsp3) is 0.160. The van der Waals surface area contributed by atoms with E-state index in [0.717, 1.165) is 28.0 Å².